The number of anilines is 1. The molecule has 0 aliphatic heterocycles. The maximum atomic E-state index is 6.18. The molecule has 17 heavy (non-hydrogen) atoms. The summed E-state index contributed by atoms with van der Waals surface area (Å²) in [6.45, 7) is 4.78. The lowest BCUT2D eigenvalue weighted by Crippen LogP contribution is -2.05. The standard InChI is InChI=1S/C12H13Cl2N3/c1-3-15-12-16-8(2)7-17(12)11-5-4-9(13)6-10(11)14/h4-7H,3H2,1-2H3,(H,15,16). The van der Waals surface area contributed by atoms with E-state index in [1.807, 2.05) is 36.7 Å². The maximum Gasteiger partial charge on any atom is 0.207 e. The van der Waals surface area contributed by atoms with Crippen LogP contribution >= 0.6 is 23.2 Å². The highest BCUT2D eigenvalue weighted by Gasteiger charge is 2.09. The summed E-state index contributed by atoms with van der Waals surface area (Å²) in [5.41, 5.74) is 1.81. The number of nitrogens with zero attached hydrogens (tertiary/aromatic N) is 2. The van der Waals surface area contributed by atoms with Crippen molar-refractivity contribution in [2.45, 2.75) is 13.8 Å². The van der Waals surface area contributed by atoms with Crippen molar-refractivity contribution in [1.29, 1.82) is 0 Å². The van der Waals surface area contributed by atoms with Crippen molar-refractivity contribution in [2.24, 2.45) is 0 Å². The second kappa shape index (κ2) is 4.98. The minimum Gasteiger partial charge on any atom is -0.356 e. The van der Waals surface area contributed by atoms with Crippen LogP contribution in [0.15, 0.2) is 24.4 Å². The molecule has 1 heterocycles. The third kappa shape index (κ3) is 2.56. The lowest BCUT2D eigenvalue weighted by atomic mass is 10.3. The van der Waals surface area contributed by atoms with E-state index in [0.717, 1.165) is 23.9 Å². The van der Waals surface area contributed by atoms with Gasteiger partial charge in [0.1, 0.15) is 0 Å². The summed E-state index contributed by atoms with van der Waals surface area (Å²) in [7, 11) is 0. The van der Waals surface area contributed by atoms with Gasteiger partial charge in [-0.2, -0.15) is 0 Å². The molecule has 0 bridgehead atoms. The molecule has 0 aliphatic rings. The average Bonchev–Trinajstić information content (AvgIpc) is 2.60. The van der Waals surface area contributed by atoms with Crippen LogP contribution in [-0.4, -0.2) is 16.1 Å². The minimum absolute atomic E-state index is 0.606. The summed E-state index contributed by atoms with van der Waals surface area (Å²) in [4.78, 5) is 4.40. The molecule has 1 N–H and O–H groups in total. The summed E-state index contributed by atoms with van der Waals surface area (Å²) < 4.78 is 1.93. The van der Waals surface area contributed by atoms with Gasteiger partial charge in [0.15, 0.2) is 0 Å². The third-order valence-corrected chi connectivity index (χ3v) is 2.87. The van der Waals surface area contributed by atoms with Gasteiger partial charge in [0.05, 0.1) is 16.4 Å². The van der Waals surface area contributed by atoms with E-state index in [9.17, 15) is 0 Å². The number of aryl methyl sites for hydroxylation is 1. The first kappa shape index (κ1) is 12.3. The highest BCUT2D eigenvalue weighted by Crippen LogP contribution is 2.27. The molecule has 0 amide bonds. The number of imidazole rings is 1. The summed E-state index contributed by atoms with van der Waals surface area (Å²) in [5, 5.41) is 4.43. The van der Waals surface area contributed by atoms with E-state index in [1.165, 1.54) is 0 Å². The van der Waals surface area contributed by atoms with E-state index in [0.29, 0.717) is 10.0 Å². The Kier molecular flexibility index (Phi) is 3.60. The molecular formula is C12H13Cl2N3. The van der Waals surface area contributed by atoms with Gasteiger partial charge in [-0.3, -0.25) is 4.57 Å². The van der Waals surface area contributed by atoms with Gasteiger partial charge in [-0.25, -0.2) is 4.98 Å². The molecule has 2 rings (SSSR count). The van der Waals surface area contributed by atoms with Crippen LogP contribution in [0.1, 0.15) is 12.6 Å². The van der Waals surface area contributed by atoms with Crippen molar-refractivity contribution < 1.29 is 0 Å². The van der Waals surface area contributed by atoms with Crippen molar-refractivity contribution in [3.8, 4) is 5.69 Å². The van der Waals surface area contributed by atoms with Crippen LogP contribution in [0, 0.1) is 6.92 Å². The van der Waals surface area contributed by atoms with Crippen molar-refractivity contribution >= 4 is 29.2 Å². The normalized spacial score (nSPS) is 10.6. The number of rotatable bonds is 3. The Morgan fingerprint density at radius 1 is 1.35 bits per heavy atom. The SMILES string of the molecule is CCNc1nc(C)cn1-c1ccc(Cl)cc1Cl. The molecule has 0 fully saturated rings. The Morgan fingerprint density at radius 2 is 2.12 bits per heavy atom. The van der Waals surface area contributed by atoms with Gasteiger partial charge in [0.2, 0.25) is 5.95 Å². The molecule has 2 aromatic rings. The molecule has 0 saturated heterocycles. The molecule has 3 nitrogen and oxygen atoms in total. The van der Waals surface area contributed by atoms with E-state index < -0.39 is 0 Å². The van der Waals surface area contributed by atoms with Gasteiger partial charge < -0.3 is 5.32 Å². The lowest BCUT2D eigenvalue weighted by molar-refractivity contribution is 1.02. The van der Waals surface area contributed by atoms with Crippen LogP contribution in [0.3, 0.4) is 0 Å². The Balaban J connectivity index is 2.51. The molecule has 0 aliphatic carbocycles. The fourth-order valence-electron chi connectivity index (χ4n) is 1.64. The molecule has 0 unspecified atom stereocenters. The molecule has 0 spiro atoms. The second-order valence-corrected chi connectivity index (χ2v) is 4.55. The third-order valence-electron chi connectivity index (χ3n) is 2.33. The molecular weight excluding hydrogens is 257 g/mol. The molecule has 0 saturated carbocycles. The number of hydrogen-bond donors (Lipinski definition) is 1. The average molecular weight is 270 g/mol. The molecule has 90 valence electrons. The van der Waals surface area contributed by atoms with Gasteiger partial charge in [-0.15, -0.1) is 0 Å². The van der Waals surface area contributed by atoms with E-state index in [2.05, 4.69) is 10.3 Å². The summed E-state index contributed by atoms with van der Waals surface area (Å²) in [6, 6.07) is 5.42. The zero-order valence-electron chi connectivity index (χ0n) is 9.67. The van der Waals surface area contributed by atoms with Gasteiger partial charge in [-0.1, -0.05) is 23.2 Å². The van der Waals surface area contributed by atoms with Crippen LogP contribution < -0.4 is 5.32 Å². The van der Waals surface area contributed by atoms with E-state index in [-0.39, 0.29) is 0 Å². The minimum atomic E-state index is 0.606. The van der Waals surface area contributed by atoms with Crippen molar-refractivity contribution in [3.05, 3.63) is 40.1 Å². The van der Waals surface area contributed by atoms with Crippen molar-refractivity contribution in [1.82, 2.24) is 9.55 Å². The first-order valence-electron chi connectivity index (χ1n) is 5.37. The highest BCUT2D eigenvalue weighted by atomic mass is 35.5. The predicted molar refractivity (Wildman–Crippen MR) is 72.5 cm³/mol. The van der Waals surface area contributed by atoms with Gasteiger partial charge in [-0.05, 0) is 32.0 Å². The van der Waals surface area contributed by atoms with E-state index in [4.69, 9.17) is 23.2 Å². The lowest BCUT2D eigenvalue weighted by Gasteiger charge is -2.10. The first-order valence-corrected chi connectivity index (χ1v) is 6.12. The van der Waals surface area contributed by atoms with Gasteiger partial charge in [0.25, 0.3) is 0 Å². The number of aromatic nitrogens is 2. The Morgan fingerprint density at radius 3 is 2.76 bits per heavy atom. The first-order chi connectivity index (χ1) is 8.11. The number of nitrogens with one attached hydrogen (secondary N) is 1. The molecule has 5 heteroatoms. The Labute approximate surface area is 110 Å². The van der Waals surface area contributed by atoms with Gasteiger partial charge >= 0.3 is 0 Å². The maximum absolute atomic E-state index is 6.18. The van der Waals surface area contributed by atoms with E-state index in [1.54, 1.807) is 6.07 Å². The molecule has 0 atom stereocenters. The van der Waals surface area contributed by atoms with Crippen LogP contribution in [0.5, 0.6) is 0 Å². The molecule has 1 aromatic carbocycles. The number of benzene rings is 1. The van der Waals surface area contributed by atoms with E-state index >= 15 is 0 Å². The Bertz CT molecular complexity index is 535. The highest BCUT2D eigenvalue weighted by molar-refractivity contribution is 6.35. The number of halogens is 2. The fraction of sp³-hybridized carbons (Fsp3) is 0.250. The largest absolute Gasteiger partial charge is 0.356 e. The molecule has 1 aromatic heterocycles. The summed E-state index contributed by atoms with van der Waals surface area (Å²) in [6.07, 6.45) is 1.94. The van der Waals surface area contributed by atoms with Crippen molar-refractivity contribution in [2.75, 3.05) is 11.9 Å². The zero-order valence-corrected chi connectivity index (χ0v) is 11.2. The number of hydrogen-bond acceptors (Lipinski definition) is 2. The monoisotopic (exact) mass is 269 g/mol. The smallest absolute Gasteiger partial charge is 0.207 e. The predicted octanol–water partition coefficient (Wildman–Crippen LogP) is 3.92. The van der Waals surface area contributed by atoms with Gasteiger partial charge in [0, 0.05) is 17.8 Å². The van der Waals surface area contributed by atoms with Crippen LogP contribution in [-0.2, 0) is 0 Å². The van der Waals surface area contributed by atoms with Crippen LogP contribution in [0.2, 0.25) is 10.0 Å². The van der Waals surface area contributed by atoms with Crippen LogP contribution in [0.25, 0.3) is 5.69 Å². The molecule has 0 radical (unpaired) electrons. The quantitative estimate of drug-likeness (QED) is 0.916. The van der Waals surface area contributed by atoms with Crippen molar-refractivity contribution in [3.63, 3.8) is 0 Å². The summed E-state index contributed by atoms with van der Waals surface area (Å²) in [5.74, 6) is 0.786. The topological polar surface area (TPSA) is 29.9 Å². The van der Waals surface area contributed by atoms with Crippen LogP contribution in [0.4, 0.5) is 5.95 Å². The summed E-state index contributed by atoms with van der Waals surface area (Å²) >= 11 is 12.1. The fourth-order valence-corrected chi connectivity index (χ4v) is 2.14. The Hall–Kier alpha value is -1.19. The zero-order chi connectivity index (χ0) is 12.4. The second-order valence-electron chi connectivity index (χ2n) is 3.70.